The highest BCUT2D eigenvalue weighted by atomic mass is 16.5. The molecule has 0 saturated carbocycles. The Bertz CT molecular complexity index is 700. The Morgan fingerprint density at radius 2 is 1.64 bits per heavy atom. The summed E-state index contributed by atoms with van der Waals surface area (Å²) in [6, 6.07) is 20.5. The van der Waals surface area contributed by atoms with E-state index in [1.807, 2.05) is 36.4 Å². The molecule has 0 aromatic heterocycles. The molecule has 1 atom stereocenters. The van der Waals surface area contributed by atoms with E-state index in [4.69, 9.17) is 4.74 Å². The predicted octanol–water partition coefficient (Wildman–Crippen LogP) is 2.43. The minimum Gasteiger partial charge on any atom is -0.493 e. The monoisotopic (exact) mass is 381 g/mol. The van der Waals surface area contributed by atoms with Gasteiger partial charge in [-0.15, -0.1) is 0 Å². The zero-order chi connectivity index (χ0) is 19.6. The lowest BCUT2D eigenvalue weighted by atomic mass is 10.0. The van der Waals surface area contributed by atoms with Crippen LogP contribution in [0.1, 0.15) is 12.0 Å². The molecule has 28 heavy (non-hydrogen) atoms. The van der Waals surface area contributed by atoms with E-state index in [9.17, 15) is 4.79 Å². The van der Waals surface area contributed by atoms with Gasteiger partial charge in [-0.25, -0.2) is 0 Å². The van der Waals surface area contributed by atoms with Gasteiger partial charge in [0.05, 0.1) is 13.0 Å². The Labute approximate surface area is 168 Å². The highest BCUT2D eigenvalue weighted by Crippen LogP contribution is 2.12. The molecule has 1 saturated heterocycles. The number of hydrogen-bond donors (Lipinski definition) is 1. The lowest BCUT2D eigenvalue weighted by molar-refractivity contribution is -0.121. The number of nitrogens with zero attached hydrogens (tertiary/aromatic N) is 2. The van der Waals surface area contributed by atoms with Gasteiger partial charge >= 0.3 is 0 Å². The molecule has 150 valence electrons. The average molecular weight is 382 g/mol. The first-order valence-corrected chi connectivity index (χ1v) is 10.1. The smallest absolute Gasteiger partial charge is 0.223 e. The molecule has 1 N–H and O–H groups in total. The van der Waals surface area contributed by atoms with Crippen LogP contribution in [0.15, 0.2) is 60.7 Å². The minimum atomic E-state index is 0.0446. The van der Waals surface area contributed by atoms with Crippen LogP contribution >= 0.6 is 0 Å². The SMILES string of the molecule is CN1CCN(C(CNC(=O)CCOc2ccccc2)Cc2ccccc2)CC1. The molecule has 0 bridgehead atoms. The number of rotatable bonds is 9. The van der Waals surface area contributed by atoms with Crippen molar-refractivity contribution in [2.45, 2.75) is 18.9 Å². The van der Waals surface area contributed by atoms with Crippen LogP contribution in [0.2, 0.25) is 0 Å². The molecular weight excluding hydrogens is 350 g/mol. The van der Waals surface area contributed by atoms with E-state index in [-0.39, 0.29) is 5.91 Å². The largest absolute Gasteiger partial charge is 0.493 e. The average Bonchev–Trinajstić information content (AvgIpc) is 2.73. The summed E-state index contributed by atoms with van der Waals surface area (Å²) >= 11 is 0. The third-order valence-corrected chi connectivity index (χ3v) is 5.24. The number of hydrogen-bond acceptors (Lipinski definition) is 4. The molecule has 3 rings (SSSR count). The van der Waals surface area contributed by atoms with Gasteiger partial charge in [0.1, 0.15) is 5.75 Å². The highest BCUT2D eigenvalue weighted by molar-refractivity contribution is 5.76. The molecule has 1 unspecified atom stereocenters. The Morgan fingerprint density at radius 3 is 2.32 bits per heavy atom. The third-order valence-electron chi connectivity index (χ3n) is 5.24. The number of para-hydroxylation sites is 1. The number of nitrogens with one attached hydrogen (secondary N) is 1. The van der Waals surface area contributed by atoms with Gasteiger partial charge in [0.15, 0.2) is 0 Å². The number of carbonyl (C=O) groups excluding carboxylic acids is 1. The van der Waals surface area contributed by atoms with Gasteiger partial charge in [-0.05, 0) is 31.2 Å². The van der Waals surface area contributed by atoms with E-state index in [2.05, 4.69) is 46.4 Å². The van der Waals surface area contributed by atoms with Crippen LogP contribution in [0.3, 0.4) is 0 Å². The van der Waals surface area contributed by atoms with E-state index in [1.165, 1.54) is 5.56 Å². The molecule has 0 spiro atoms. The van der Waals surface area contributed by atoms with Crippen LogP contribution in [-0.2, 0) is 11.2 Å². The van der Waals surface area contributed by atoms with Crippen molar-refractivity contribution in [1.82, 2.24) is 15.1 Å². The minimum absolute atomic E-state index is 0.0446. The second kappa shape index (κ2) is 10.8. The van der Waals surface area contributed by atoms with Crippen molar-refractivity contribution in [2.24, 2.45) is 0 Å². The molecule has 1 heterocycles. The normalized spacial score (nSPS) is 16.5. The zero-order valence-corrected chi connectivity index (χ0v) is 16.7. The Balaban J connectivity index is 1.48. The molecular formula is C23H31N3O2. The van der Waals surface area contributed by atoms with E-state index < -0.39 is 0 Å². The van der Waals surface area contributed by atoms with Gasteiger partial charge in [0.2, 0.25) is 5.91 Å². The molecule has 0 radical (unpaired) electrons. The lowest BCUT2D eigenvalue weighted by Crippen LogP contribution is -2.53. The molecule has 2 aromatic rings. The van der Waals surface area contributed by atoms with Crippen molar-refractivity contribution in [2.75, 3.05) is 46.4 Å². The van der Waals surface area contributed by atoms with Crippen LogP contribution in [-0.4, -0.2) is 68.1 Å². The fraction of sp³-hybridized carbons (Fsp3) is 0.435. The number of ether oxygens (including phenoxy) is 1. The number of carbonyl (C=O) groups is 1. The van der Waals surface area contributed by atoms with Gasteiger partial charge < -0.3 is 15.0 Å². The third kappa shape index (κ3) is 6.66. The quantitative estimate of drug-likeness (QED) is 0.725. The number of amides is 1. The van der Waals surface area contributed by atoms with E-state index in [0.29, 0.717) is 25.6 Å². The molecule has 2 aromatic carbocycles. The Kier molecular flexibility index (Phi) is 7.88. The highest BCUT2D eigenvalue weighted by Gasteiger charge is 2.23. The van der Waals surface area contributed by atoms with Gasteiger partial charge in [0.25, 0.3) is 0 Å². The van der Waals surface area contributed by atoms with Gasteiger partial charge in [-0.2, -0.15) is 0 Å². The summed E-state index contributed by atoms with van der Waals surface area (Å²) in [5.74, 6) is 0.845. The number of likely N-dealkylation sites (N-methyl/N-ethyl adjacent to an activating group) is 1. The molecule has 5 nitrogen and oxygen atoms in total. The molecule has 5 heteroatoms. The summed E-state index contributed by atoms with van der Waals surface area (Å²) in [7, 11) is 2.16. The van der Waals surface area contributed by atoms with Crippen LogP contribution in [0.4, 0.5) is 0 Å². The predicted molar refractivity (Wildman–Crippen MR) is 113 cm³/mol. The maximum atomic E-state index is 12.3. The van der Waals surface area contributed by atoms with E-state index in [1.54, 1.807) is 0 Å². The van der Waals surface area contributed by atoms with Crippen LogP contribution in [0.25, 0.3) is 0 Å². The maximum absolute atomic E-state index is 12.3. The summed E-state index contributed by atoms with van der Waals surface area (Å²) in [5.41, 5.74) is 1.31. The Hall–Kier alpha value is -2.37. The van der Waals surface area contributed by atoms with Crippen molar-refractivity contribution in [1.29, 1.82) is 0 Å². The fourth-order valence-corrected chi connectivity index (χ4v) is 3.50. The van der Waals surface area contributed by atoms with Crippen LogP contribution < -0.4 is 10.1 Å². The fourth-order valence-electron chi connectivity index (χ4n) is 3.50. The first-order valence-electron chi connectivity index (χ1n) is 10.1. The standard InChI is InChI=1S/C23H31N3O2/c1-25-13-15-26(16-14-25)21(18-20-8-4-2-5-9-20)19-24-23(27)12-17-28-22-10-6-3-7-11-22/h2-11,21H,12-19H2,1H3,(H,24,27). The molecule has 1 aliphatic rings. The summed E-state index contributed by atoms with van der Waals surface area (Å²) in [6.07, 6.45) is 1.32. The van der Waals surface area contributed by atoms with E-state index in [0.717, 1.165) is 38.3 Å². The molecule has 1 aliphatic heterocycles. The van der Waals surface area contributed by atoms with Crippen molar-refractivity contribution < 1.29 is 9.53 Å². The van der Waals surface area contributed by atoms with Gasteiger partial charge in [-0.3, -0.25) is 9.69 Å². The summed E-state index contributed by atoms with van der Waals surface area (Å²) in [4.78, 5) is 17.2. The molecule has 0 aliphatic carbocycles. The second-order valence-electron chi connectivity index (χ2n) is 7.40. The summed E-state index contributed by atoms with van der Waals surface area (Å²) < 4.78 is 5.63. The van der Waals surface area contributed by atoms with Gasteiger partial charge in [-0.1, -0.05) is 48.5 Å². The molecule has 1 fully saturated rings. The Morgan fingerprint density at radius 1 is 1.00 bits per heavy atom. The number of benzene rings is 2. The summed E-state index contributed by atoms with van der Waals surface area (Å²) in [5, 5.41) is 3.12. The number of piperazine rings is 1. The van der Waals surface area contributed by atoms with Crippen molar-refractivity contribution >= 4 is 5.91 Å². The van der Waals surface area contributed by atoms with Crippen LogP contribution in [0.5, 0.6) is 5.75 Å². The van der Waals surface area contributed by atoms with Crippen molar-refractivity contribution in [3.05, 3.63) is 66.2 Å². The topological polar surface area (TPSA) is 44.8 Å². The maximum Gasteiger partial charge on any atom is 0.223 e. The van der Waals surface area contributed by atoms with Crippen molar-refractivity contribution in [3.63, 3.8) is 0 Å². The first kappa shape index (κ1) is 20.4. The van der Waals surface area contributed by atoms with Gasteiger partial charge in [0, 0.05) is 38.8 Å². The summed E-state index contributed by atoms with van der Waals surface area (Å²) in [6.45, 7) is 5.30. The molecule has 1 amide bonds. The first-order chi connectivity index (χ1) is 13.7. The van der Waals surface area contributed by atoms with E-state index >= 15 is 0 Å². The second-order valence-corrected chi connectivity index (χ2v) is 7.40. The van der Waals surface area contributed by atoms with Crippen LogP contribution in [0, 0.1) is 0 Å². The zero-order valence-electron chi connectivity index (χ0n) is 16.7. The van der Waals surface area contributed by atoms with Crippen molar-refractivity contribution in [3.8, 4) is 5.75 Å². The lowest BCUT2D eigenvalue weighted by Gasteiger charge is -2.38.